The van der Waals surface area contributed by atoms with Gasteiger partial charge >= 0.3 is 12.3 Å². The van der Waals surface area contributed by atoms with Crippen LogP contribution in [0.2, 0.25) is 0 Å². The number of alkyl halides is 3. The number of ether oxygens (including phenoxy) is 1. The fraction of sp³-hybridized carbons (Fsp3) is 0.861. The molecule has 6 rings (SSSR count). The van der Waals surface area contributed by atoms with Crippen molar-refractivity contribution in [2.45, 2.75) is 145 Å². The zero-order chi connectivity index (χ0) is 33.2. The van der Waals surface area contributed by atoms with Gasteiger partial charge in [0.25, 0.3) is 5.91 Å². The van der Waals surface area contributed by atoms with Crippen molar-refractivity contribution in [3.63, 3.8) is 0 Å². The van der Waals surface area contributed by atoms with Crippen molar-refractivity contribution in [3.8, 4) is 0 Å². The number of hydrogen-bond donors (Lipinski definition) is 0. The standard InChI is InChI=1S/C36H52F3NO5/c1-21(41)44-25-19-26(25)45-40(36(37,38)39)29(43)32(5)15-14-31(4)16-17-34(7)22(23(31)20-32)18-24(42)28-33(6)12-9-11-30(2,3)27(33)10-13-35(28,34)8/h18,23,25-28H,9-17,19-20H2,1-8H3/t23-,25-,26?,27?,28+,31+,32-,33-,34+,35+/m0/s1. The van der Waals surface area contributed by atoms with Crippen LogP contribution in [-0.4, -0.2) is 41.2 Å². The van der Waals surface area contributed by atoms with Crippen molar-refractivity contribution in [3.05, 3.63) is 11.6 Å². The number of carbonyl (C=O) groups excluding carboxylic acids is 3. The minimum absolute atomic E-state index is 0.0872. The highest BCUT2D eigenvalue weighted by Gasteiger charge is 2.70. The molecule has 5 saturated carbocycles. The van der Waals surface area contributed by atoms with Crippen LogP contribution < -0.4 is 0 Å². The van der Waals surface area contributed by atoms with E-state index < -0.39 is 40.9 Å². The molecule has 5 fully saturated rings. The molecule has 0 bridgehead atoms. The van der Waals surface area contributed by atoms with Gasteiger partial charge in [0.2, 0.25) is 0 Å². The molecule has 0 spiro atoms. The monoisotopic (exact) mass is 635 g/mol. The van der Waals surface area contributed by atoms with E-state index in [0.29, 0.717) is 18.8 Å². The molecule has 10 atom stereocenters. The minimum Gasteiger partial charge on any atom is -0.460 e. The zero-order valence-electron chi connectivity index (χ0n) is 28.4. The summed E-state index contributed by atoms with van der Waals surface area (Å²) in [4.78, 5) is 44.9. The number of carbonyl (C=O) groups is 3. The smallest absolute Gasteiger partial charge is 0.460 e. The predicted octanol–water partition coefficient (Wildman–Crippen LogP) is 8.34. The number of ketones is 1. The Labute approximate surface area is 266 Å². The Kier molecular flexibility index (Phi) is 7.38. The Bertz CT molecular complexity index is 1330. The summed E-state index contributed by atoms with van der Waals surface area (Å²) in [5, 5.41) is -0.406. The first-order valence-corrected chi connectivity index (χ1v) is 17.1. The highest BCUT2D eigenvalue weighted by Crippen LogP contribution is 2.75. The lowest BCUT2D eigenvalue weighted by atomic mass is 9.33. The lowest BCUT2D eigenvalue weighted by Crippen LogP contribution is -2.65. The third-order valence-corrected chi connectivity index (χ3v) is 14.5. The highest BCUT2D eigenvalue weighted by molar-refractivity contribution is 5.95. The van der Waals surface area contributed by atoms with E-state index in [9.17, 15) is 27.6 Å². The summed E-state index contributed by atoms with van der Waals surface area (Å²) >= 11 is 0. The van der Waals surface area contributed by atoms with Gasteiger partial charge in [-0.2, -0.15) is 0 Å². The van der Waals surface area contributed by atoms with Crippen LogP contribution in [0.1, 0.15) is 126 Å². The lowest BCUT2D eigenvalue weighted by Gasteiger charge is -2.70. The van der Waals surface area contributed by atoms with Gasteiger partial charge in [-0.3, -0.25) is 19.2 Å². The fourth-order valence-corrected chi connectivity index (χ4v) is 11.7. The van der Waals surface area contributed by atoms with Crippen LogP contribution >= 0.6 is 0 Å². The Morgan fingerprint density at radius 1 is 0.911 bits per heavy atom. The maximum atomic E-state index is 14.5. The Morgan fingerprint density at radius 3 is 2.22 bits per heavy atom. The molecule has 9 heteroatoms. The van der Waals surface area contributed by atoms with Crippen LogP contribution in [0.3, 0.4) is 0 Å². The fourth-order valence-electron chi connectivity index (χ4n) is 11.7. The molecular formula is C36H52F3NO5. The van der Waals surface area contributed by atoms with E-state index in [4.69, 9.17) is 9.57 Å². The second kappa shape index (κ2) is 10.1. The average Bonchev–Trinajstić information content (AvgIpc) is 3.64. The van der Waals surface area contributed by atoms with Crippen LogP contribution in [0.15, 0.2) is 11.6 Å². The highest BCUT2D eigenvalue weighted by atomic mass is 19.4. The van der Waals surface area contributed by atoms with Crippen molar-refractivity contribution in [2.24, 2.45) is 50.2 Å². The molecule has 252 valence electrons. The number of hydroxylamine groups is 2. The van der Waals surface area contributed by atoms with Crippen LogP contribution in [0.5, 0.6) is 0 Å². The van der Waals surface area contributed by atoms with Crippen LogP contribution in [-0.2, 0) is 24.0 Å². The Morgan fingerprint density at radius 2 is 1.58 bits per heavy atom. The largest absolute Gasteiger partial charge is 0.511 e. The molecule has 45 heavy (non-hydrogen) atoms. The summed E-state index contributed by atoms with van der Waals surface area (Å²) < 4.78 is 48.0. The van der Waals surface area contributed by atoms with Crippen molar-refractivity contribution < 1.29 is 37.1 Å². The molecule has 0 aromatic rings. The third kappa shape index (κ3) is 4.85. The summed E-state index contributed by atoms with van der Waals surface area (Å²) in [6.45, 7) is 16.8. The normalized spacial score (nSPS) is 46.9. The molecule has 2 unspecified atom stereocenters. The molecule has 0 heterocycles. The number of rotatable bonds is 4. The number of allylic oxidation sites excluding steroid dienone is 2. The molecule has 0 aromatic heterocycles. The van der Waals surface area contributed by atoms with Gasteiger partial charge in [-0.15, -0.1) is 18.2 Å². The third-order valence-electron chi connectivity index (χ3n) is 14.5. The molecule has 6 nitrogen and oxygen atoms in total. The Balaban J connectivity index is 1.33. The first-order chi connectivity index (χ1) is 20.6. The second-order valence-electron chi connectivity index (χ2n) is 17.7. The number of hydrogen-bond acceptors (Lipinski definition) is 5. The van der Waals surface area contributed by atoms with Gasteiger partial charge in [0.15, 0.2) is 5.78 Å². The predicted molar refractivity (Wildman–Crippen MR) is 162 cm³/mol. The van der Waals surface area contributed by atoms with Gasteiger partial charge in [0, 0.05) is 24.7 Å². The molecule has 0 aromatic carbocycles. The van der Waals surface area contributed by atoms with E-state index in [1.165, 1.54) is 13.3 Å². The van der Waals surface area contributed by atoms with Crippen molar-refractivity contribution >= 4 is 17.7 Å². The number of halogens is 3. The molecule has 6 aliphatic rings. The molecule has 1 amide bonds. The summed E-state index contributed by atoms with van der Waals surface area (Å²) in [7, 11) is 0. The van der Waals surface area contributed by atoms with E-state index in [2.05, 4.69) is 41.5 Å². The number of nitrogens with zero attached hydrogens (tertiary/aromatic N) is 1. The van der Waals surface area contributed by atoms with Gasteiger partial charge < -0.3 is 4.74 Å². The maximum absolute atomic E-state index is 14.5. The minimum atomic E-state index is -5.05. The quantitative estimate of drug-likeness (QED) is 0.176. The van der Waals surface area contributed by atoms with Crippen molar-refractivity contribution in [1.29, 1.82) is 0 Å². The van der Waals surface area contributed by atoms with E-state index in [0.717, 1.165) is 44.1 Å². The van der Waals surface area contributed by atoms with E-state index in [1.807, 2.05) is 6.08 Å². The van der Waals surface area contributed by atoms with Gasteiger partial charge in [0.05, 0.1) is 0 Å². The first kappa shape index (κ1) is 33.0. The summed E-state index contributed by atoms with van der Waals surface area (Å²) in [5.41, 5.74) is -0.922. The first-order valence-electron chi connectivity index (χ1n) is 17.1. The van der Waals surface area contributed by atoms with Gasteiger partial charge in [-0.25, -0.2) is 0 Å². The van der Waals surface area contributed by atoms with Gasteiger partial charge in [-0.05, 0) is 103 Å². The molecule has 0 aliphatic heterocycles. The summed E-state index contributed by atoms with van der Waals surface area (Å²) in [6.07, 6.45) is 3.56. The lowest BCUT2D eigenvalue weighted by molar-refractivity contribution is -0.361. The van der Waals surface area contributed by atoms with Gasteiger partial charge in [0.1, 0.15) is 12.2 Å². The van der Waals surface area contributed by atoms with Crippen molar-refractivity contribution in [2.75, 3.05) is 0 Å². The molecule has 0 saturated heterocycles. The SMILES string of the molecule is CC(=O)O[C@H]1CC1ON(C(=O)[C@@]1(C)CC[C@]2(C)CC[C@]3(C)C(=CC(=O)[C@@H]4[C@@]5(C)CCCC(C)(C)C5CC[C@]43C)[C@@H]2C1)C(F)(F)F. The van der Waals surface area contributed by atoms with Crippen LogP contribution in [0.4, 0.5) is 13.2 Å². The maximum Gasteiger partial charge on any atom is 0.511 e. The van der Waals surface area contributed by atoms with E-state index in [1.54, 1.807) is 6.92 Å². The zero-order valence-corrected chi connectivity index (χ0v) is 28.4. The number of amides is 1. The van der Waals surface area contributed by atoms with Crippen LogP contribution in [0, 0.1) is 50.2 Å². The summed E-state index contributed by atoms with van der Waals surface area (Å²) in [5.74, 6) is -1.32. The van der Waals surface area contributed by atoms with Crippen LogP contribution in [0.25, 0.3) is 0 Å². The Hall–Kier alpha value is -1.90. The topological polar surface area (TPSA) is 72.9 Å². The number of esters is 1. The van der Waals surface area contributed by atoms with Gasteiger partial charge in [-0.1, -0.05) is 60.5 Å². The molecule has 0 N–H and O–H groups in total. The van der Waals surface area contributed by atoms with Crippen molar-refractivity contribution in [1.82, 2.24) is 5.06 Å². The number of fused-ring (bicyclic) bond motifs is 7. The molecule has 6 aliphatic carbocycles. The van der Waals surface area contributed by atoms with E-state index >= 15 is 0 Å². The molecule has 0 radical (unpaired) electrons. The molecular weight excluding hydrogens is 583 g/mol. The second-order valence-corrected chi connectivity index (χ2v) is 17.7. The summed E-state index contributed by atoms with van der Waals surface area (Å²) in [6, 6.07) is 0. The van der Waals surface area contributed by atoms with E-state index in [-0.39, 0.29) is 57.5 Å². The average molecular weight is 636 g/mol.